The van der Waals surface area contributed by atoms with Crippen LogP contribution in [0.5, 0.6) is 5.75 Å². The first-order valence-corrected chi connectivity index (χ1v) is 7.76. The fourth-order valence-electron chi connectivity index (χ4n) is 2.10. The van der Waals surface area contributed by atoms with E-state index < -0.39 is 24.4 Å². The lowest BCUT2D eigenvalue weighted by atomic mass is 10.2. The summed E-state index contributed by atoms with van der Waals surface area (Å²) in [4.78, 5) is 35.1. The van der Waals surface area contributed by atoms with Gasteiger partial charge in [-0.25, -0.2) is 0 Å². The van der Waals surface area contributed by atoms with Crippen molar-refractivity contribution in [3.05, 3.63) is 53.9 Å². The van der Waals surface area contributed by atoms with Crippen molar-refractivity contribution in [3.8, 4) is 5.75 Å². The van der Waals surface area contributed by atoms with Crippen molar-refractivity contribution in [2.24, 2.45) is 7.05 Å². The zero-order valence-electron chi connectivity index (χ0n) is 14.2. The average Bonchev–Trinajstić information content (AvgIpc) is 2.99. The summed E-state index contributed by atoms with van der Waals surface area (Å²) in [6, 6.07) is 10.7. The Morgan fingerprint density at radius 2 is 1.96 bits per heavy atom. The largest absolute Gasteiger partial charge is 0.493 e. The van der Waals surface area contributed by atoms with Crippen LogP contribution in [-0.2, 0) is 21.4 Å². The van der Waals surface area contributed by atoms with Crippen molar-refractivity contribution in [2.75, 3.05) is 13.2 Å². The number of aryl methyl sites for hydroxylation is 2. The number of imide groups is 1. The van der Waals surface area contributed by atoms with Gasteiger partial charge >= 0.3 is 5.97 Å². The monoisotopic (exact) mass is 344 g/mol. The van der Waals surface area contributed by atoms with Crippen LogP contribution in [0.15, 0.2) is 42.6 Å². The number of nitrogens with one attached hydrogen (secondary N) is 1. The molecule has 2 amide bonds. The molecule has 0 radical (unpaired) electrons. The lowest BCUT2D eigenvalue weighted by molar-refractivity contribution is -0.148. The second kappa shape index (κ2) is 8.68. The number of carbonyl (C=O) groups is 3. The number of esters is 1. The molecule has 132 valence electrons. The van der Waals surface area contributed by atoms with Gasteiger partial charge in [0, 0.05) is 13.2 Å². The van der Waals surface area contributed by atoms with E-state index in [0.717, 1.165) is 5.56 Å². The SMILES string of the molecule is Cc1cccc(OCCC(=O)OCC(=O)NC(=O)c2cccn2C)c1. The van der Waals surface area contributed by atoms with Crippen LogP contribution in [0.25, 0.3) is 0 Å². The normalized spacial score (nSPS) is 10.2. The average molecular weight is 344 g/mol. The van der Waals surface area contributed by atoms with Gasteiger partial charge in [0.25, 0.3) is 11.8 Å². The van der Waals surface area contributed by atoms with Gasteiger partial charge in [0.15, 0.2) is 6.61 Å². The molecule has 1 heterocycles. The molecular weight excluding hydrogens is 324 g/mol. The van der Waals surface area contributed by atoms with E-state index in [-0.39, 0.29) is 13.0 Å². The first-order valence-electron chi connectivity index (χ1n) is 7.76. The first kappa shape index (κ1) is 18.3. The molecule has 0 fully saturated rings. The van der Waals surface area contributed by atoms with Crippen molar-refractivity contribution in [1.29, 1.82) is 0 Å². The standard InChI is InChI=1S/C18H20N2O5/c1-13-5-3-6-14(11-13)24-10-8-17(22)25-12-16(21)19-18(23)15-7-4-9-20(15)2/h3-7,9,11H,8,10,12H2,1-2H3,(H,19,21,23). The Hall–Kier alpha value is -3.09. The molecule has 7 nitrogen and oxygen atoms in total. The molecule has 0 bridgehead atoms. The maximum atomic E-state index is 11.8. The van der Waals surface area contributed by atoms with E-state index in [2.05, 4.69) is 5.32 Å². The molecule has 25 heavy (non-hydrogen) atoms. The number of hydrogen-bond donors (Lipinski definition) is 1. The Morgan fingerprint density at radius 1 is 1.16 bits per heavy atom. The van der Waals surface area contributed by atoms with E-state index in [1.807, 2.05) is 25.1 Å². The maximum absolute atomic E-state index is 11.8. The van der Waals surface area contributed by atoms with Gasteiger partial charge in [0.05, 0.1) is 13.0 Å². The van der Waals surface area contributed by atoms with Gasteiger partial charge in [-0.2, -0.15) is 0 Å². The predicted octanol–water partition coefficient (Wildman–Crippen LogP) is 1.60. The lowest BCUT2D eigenvalue weighted by Crippen LogP contribution is -2.35. The van der Waals surface area contributed by atoms with Gasteiger partial charge in [0.2, 0.25) is 0 Å². The van der Waals surface area contributed by atoms with Crippen molar-refractivity contribution in [2.45, 2.75) is 13.3 Å². The number of carbonyl (C=O) groups excluding carboxylic acids is 3. The molecule has 1 N–H and O–H groups in total. The van der Waals surface area contributed by atoms with Crippen LogP contribution in [0.3, 0.4) is 0 Å². The van der Waals surface area contributed by atoms with E-state index in [9.17, 15) is 14.4 Å². The highest BCUT2D eigenvalue weighted by Crippen LogP contribution is 2.12. The summed E-state index contributed by atoms with van der Waals surface area (Å²) in [6.07, 6.45) is 1.70. The zero-order valence-corrected chi connectivity index (χ0v) is 14.2. The minimum absolute atomic E-state index is 0.00692. The molecule has 0 unspecified atom stereocenters. The van der Waals surface area contributed by atoms with Crippen LogP contribution in [0.1, 0.15) is 22.5 Å². The number of aromatic nitrogens is 1. The van der Waals surface area contributed by atoms with Crippen LogP contribution in [0, 0.1) is 6.92 Å². The van der Waals surface area contributed by atoms with Crippen LogP contribution in [0.4, 0.5) is 0 Å². The molecule has 0 aliphatic rings. The molecule has 2 rings (SSSR count). The lowest BCUT2D eigenvalue weighted by Gasteiger charge is -2.08. The molecule has 0 saturated carbocycles. The summed E-state index contributed by atoms with van der Waals surface area (Å²) in [6.45, 7) is 1.57. The van der Waals surface area contributed by atoms with E-state index >= 15 is 0 Å². The number of benzene rings is 1. The number of nitrogens with zero attached hydrogens (tertiary/aromatic N) is 1. The molecule has 7 heteroatoms. The third-order valence-corrected chi connectivity index (χ3v) is 3.36. The number of rotatable bonds is 7. The van der Waals surface area contributed by atoms with Crippen molar-refractivity contribution in [1.82, 2.24) is 9.88 Å². The number of ether oxygens (including phenoxy) is 2. The summed E-state index contributed by atoms with van der Waals surface area (Å²) in [7, 11) is 1.69. The van der Waals surface area contributed by atoms with E-state index in [1.165, 1.54) is 0 Å². The van der Waals surface area contributed by atoms with Gasteiger partial charge in [-0.3, -0.25) is 19.7 Å². The minimum atomic E-state index is -0.681. The van der Waals surface area contributed by atoms with Gasteiger partial charge in [0.1, 0.15) is 11.4 Å². The molecule has 1 aromatic carbocycles. The molecule has 0 saturated heterocycles. The summed E-state index contributed by atoms with van der Waals surface area (Å²) in [5.41, 5.74) is 1.39. The van der Waals surface area contributed by atoms with E-state index in [1.54, 1.807) is 36.0 Å². The Morgan fingerprint density at radius 3 is 2.64 bits per heavy atom. The maximum Gasteiger partial charge on any atom is 0.309 e. The Balaban J connectivity index is 1.66. The van der Waals surface area contributed by atoms with E-state index in [0.29, 0.717) is 11.4 Å². The summed E-state index contributed by atoms with van der Waals surface area (Å²) in [5, 5.41) is 2.16. The van der Waals surface area contributed by atoms with Crippen LogP contribution in [0.2, 0.25) is 0 Å². The molecule has 0 aliphatic carbocycles. The molecule has 0 aliphatic heterocycles. The highest BCUT2D eigenvalue weighted by molar-refractivity contribution is 6.04. The summed E-state index contributed by atoms with van der Waals surface area (Å²) < 4.78 is 11.8. The summed E-state index contributed by atoms with van der Waals surface area (Å²) >= 11 is 0. The van der Waals surface area contributed by atoms with Crippen LogP contribution >= 0.6 is 0 Å². The smallest absolute Gasteiger partial charge is 0.309 e. The van der Waals surface area contributed by atoms with Crippen LogP contribution < -0.4 is 10.1 Å². The van der Waals surface area contributed by atoms with Gasteiger partial charge in [-0.15, -0.1) is 0 Å². The van der Waals surface area contributed by atoms with Crippen molar-refractivity contribution >= 4 is 17.8 Å². The third-order valence-electron chi connectivity index (χ3n) is 3.36. The zero-order chi connectivity index (χ0) is 18.2. The van der Waals surface area contributed by atoms with Gasteiger partial charge in [-0.05, 0) is 36.8 Å². The predicted molar refractivity (Wildman–Crippen MR) is 90.1 cm³/mol. The molecule has 2 aromatic rings. The quantitative estimate of drug-likeness (QED) is 0.771. The third kappa shape index (κ3) is 5.80. The van der Waals surface area contributed by atoms with E-state index in [4.69, 9.17) is 9.47 Å². The second-order valence-electron chi connectivity index (χ2n) is 5.46. The van der Waals surface area contributed by atoms with Crippen LogP contribution in [-0.4, -0.2) is 35.6 Å². The molecule has 1 aromatic heterocycles. The molecular formula is C18H20N2O5. The summed E-state index contributed by atoms with van der Waals surface area (Å²) in [5.74, 6) is -1.14. The highest BCUT2D eigenvalue weighted by atomic mass is 16.5. The first-order chi connectivity index (χ1) is 12.0. The van der Waals surface area contributed by atoms with Gasteiger partial charge in [-0.1, -0.05) is 12.1 Å². The minimum Gasteiger partial charge on any atom is -0.493 e. The fraction of sp³-hybridized carbons (Fsp3) is 0.278. The Kier molecular flexibility index (Phi) is 6.33. The molecule has 0 atom stereocenters. The highest BCUT2D eigenvalue weighted by Gasteiger charge is 2.14. The van der Waals surface area contributed by atoms with Crippen molar-refractivity contribution in [3.63, 3.8) is 0 Å². The van der Waals surface area contributed by atoms with Crippen molar-refractivity contribution < 1.29 is 23.9 Å². The second-order valence-corrected chi connectivity index (χ2v) is 5.46. The topological polar surface area (TPSA) is 86.6 Å². The molecule has 0 spiro atoms. The fourth-order valence-corrected chi connectivity index (χ4v) is 2.10. The Bertz CT molecular complexity index is 766. The number of hydrogen-bond acceptors (Lipinski definition) is 5. The van der Waals surface area contributed by atoms with Gasteiger partial charge < -0.3 is 14.0 Å². The Labute approximate surface area is 145 Å². The number of amides is 2.